The van der Waals surface area contributed by atoms with Gasteiger partial charge in [0.05, 0.1) is 47.5 Å². The number of aromatic nitrogens is 8. The molecule has 4 aromatic heterocycles. The first kappa shape index (κ1) is 91.6. The van der Waals surface area contributed by atoms with Gasteiger partial charge in [-0.15, -0.1) is 0 Å². The molecule has 1 saturated carbocycles. The summed E-state index contributed by atoms with van der Waals surface area (Å²) in [6.07, 6.45) is 16.2. The minimum atomic E-state index is -2.51. The molecule has 2 aliphatic heterocycles. The Morgan fingerprint density at radius 3 is 1.11 bits per heavy atom. The minimum Gasteiger partial charge on any atom is -0.351 e. The van der Waals surface area contributed by atoms with Crippen molar-refractivity contribution in [3.05, 3.63) is 216 Å². The zero-order valence-electron chi connectivity index (χ0n) is 67.3. The molecule has 5 aromatic carbocycles. The maximum Gasteiger partial charge on any atom is 0.247 e. The molecule has 28 nitrogen and oxygen atoms in total. The lowest BCUT2D eigenvalue weighted by Gasteiger charge is -2.31. The Morgan fingerprint density at radius 2 is 0.720 bits per heavy atom. The van der Waals surface area contributed by atoms with E-state index < -0.39 is 28.6 Å². The number of anilines is 14. The zero-order chi connectivity index (χ0) is 85.8. The van der Waals surface area contributed by atoms with Crippen molar-refractivity contribution in [2.75, 3.05) is 127 Å². The Kier molecular flexibility index (Phi) is 32.2. The van der Waals surface area contributed by atoms with Crippen molar-refractivity contribution in [3.8, 4) is 0 Å². The van der Waals surface area contributed by atoms with Gasteiger partial charge < -0.3 is 81.2 Å². The summed E-state index contributed by atoms with van der Waals surface area (Å²) in [5, 5.41) is 35.8. The van der Waals surface area contributed by atoms with Gasteiger partial charge in [-0.05, 0) is 196 Å². The number of rotatable bonds is 26. The molecule has 118 heavy (non-hydrogen) atoms. The zero-order valence-corrected chi connectivity index (χ0v) is 73.9. The van der Waals surface area contributed by atoms with Crippen molar-refractivity contribution in [2.24, 2.45) is 0 Å². The summed E-state index contributed by atoms with van der Waals surface area (Å²) >= 11 is 25.2. The number of piperidine rings is 1. The van der Waals surface area contributed by atoms with Crippen LogP contribution in [-0.4, -0.2) is 177 Å². The number of hydrogen-bond acceptors (Lipinski definition) is 24. The van der Waals surface area contributed by atoms with Gasteiger partial charge in [-0.25, -0.2) is 19.9 Å². The van der Waals surface area contributed by atoms with E-state index in [-0.39, 0.29) is 47.8 Å². The quantitative estimate of drug-likeness (QED) is 0.0178. The molecule has 0 spiro atoms. The molecule has 4 amide bonds. The lowest BCUT2D eigenvalue weighted by Crippen LogP contribution is -2.41. The number of nitrogens with one attached hydrogen (secondary N) is 10. The van der Waals surface area contributed by atoms with Crippen LogP contribution in [0.5, 0.6) is 0 Å². The number of hydrogen-bond donors (Lipinski definition) is 10. The first-order chi connectivity index (χ1) is 55.9. The molecule has 1 aliphatic carbocycles. The maximum absolute atomic E-state index is 12.7. The number of likely N-dealkylation sites (tertiary alicyclic amines) is 2. The number of carbonyl (C=O) groups excluding carboxylic acids is 4. The standard InChI is InChI=1S/C23H25ClN5O2P.2C20H25ClN5O2P.C19H23ClN5O2P/c1-6-21(30)26-18-12-19(15(3)11-14(18)2)28-23-25-13-16(24)22(29-23)27-17-9-7-8-10-20(17)32(4,5)31;1-4-18(27)26-11-9-14(10-12-26)23-20-22-13-15(21)19(25-20)24-16-7-5-6-8-17(16)29(2,3)28;1-4-18(27)23-13-9-10-14(11-13)24-20-22-12-15(21)19(26-20)25-16-7-5-6-8-17(16)29(2,3)28;1-4-17(26)25-10-9-13(12-25)22-19-21-11-14(20)18(24-19)23-15-7-5-6-8-16(15)28(2,3)27/h6-13H,1H2,2-5H3,(H,26,30)(H2,25,27,28,29);4-8,13-14H,1,9-12H2,2-3H3,(H2,22,23,24,25);4-8,12-14H,1,9-11H2,2-3H3,(H,23,27)(H2,22,24,25,26);4-8,11,13H,1,9-10,12H2,2-3H3,(H2,21,22,23,24)/t;;13-,14?;/m..1./s1. The number of benzene rings is 5. The van der Waals surface area contributed by atoms with Gasteiger partial charge in [0.2, 0.25) is 47.4 Å². The molecule has 10 N–H and O–H groups in total. The molecule has 0 bridgehead atoms. The summed E-state index contributed by atoms with van der Waals surface area (Å²) in [6, 6.07) is 33.8. The largest absolute Gasteiger partial charge is 0.351 e. The van der Waals surface area contributed by atoms with Crippen LogP contribution in [-0.2, 0) is 37.4 Å². The van der Waals surface area contributed by atoms with Crippen LogP contribution in [0.25, 0.3) is 0 Å². The van der Waals surface area contributed by atoms with Gasteiger partial charge in [0.1, 0.15) is 48.7 Å². The summed E-state index contributed by atoms with van der Waals surface area (Å²) in [4.78, 5) is 85.1. The van der Waals surface area contributed by atoms with Crippen LogP contribution in [0.3, 0.4) is 0 Å². The topological polar surface area (TPSA) is 366 Å². The second-order valence-corrected chi connectivity index (χ2v) is 43.8. The van der Waals surface area contributed by atoms with Gasteiger partial charge in [-0.1, -0.05) is 127 Å². The Hall–Kier alpha value is -10.3. The third-order valence-electron chi connectivity index (χ3n) is 18.8. The van der Waals surface area contributed by atoms with Crippen molar-refractivity contribution in [1.29, 1.82) is 0 Å². The molecule has 3 fully saturated rings. The predicted octanol–water partition coefficient (Wildman–Crippen LogP) is 16.4. The van der Waals surface area contributed by atoms with Crippen LogP contribution in [0.2, 0.25) is 20.1 Å². The van der Waals surface area contributed by atoms with Crippen LogP contribution in [0.15, 0.2) is 185 Å². The molecule has 12 rings (SSSR count). The molecular formula is C82H98Cl4N20O8P4. The van der Waals surface area contributed by atoms with Crippen LogP contribution >= 0.6 is 75.0 Å². The number of aryl methyl sites for hydroxylation is 2. The second-order valence-electron chi connectivity index (χ2n) is 29.5. The SMILES string of the molecule is C=CC(=O)N1CCC(Nc2ncc(Cl)c(Nc3ccccc3P(C)(C)=O)n2)C1.C=CC(=O)N1CCC(Nc2ncc(Cl)c(Nc3ccccc3P(C)(C)=O)n2)CC1.C=CC(=O)N[C@@H]1CCC(Nc2ncc(Cl)c(Nc3ccccc3P(C)(C)=O)n2)C1.C=CC(=O)Nc1cc(Nc2ncc(Cl)c(Nc3ccccc3P(C)(C)=O)n2)c(C)cc1C. The van der Waals surface area contributed by atoms with E-state index in [9.17, 15) is 37.4 Å². The maximum atomic E-state index is 12.7. The molecule has 3 atom stereocenters. The highest BCUT2D eigenvalue weighted by atomic mass is 35.5. The average Bonchev–Trinajstić information content (AvgIpc) is 0.943. The Labute approximate surface area is 708 Å². The van der Waals surface area contributed by atoms with Crippen molar-refractivity contribution in [2.45, 2.75) is 76.5 Å². The van der Waals surface area contributed by atoms with E-state index in [1.165, 1.54) is 49.1 Å². The number of carbonyl (C=O) groups is 4. The van der Waals surface area contributed by atoms with Gasteiger partial charge in [0.25, 0.3) is 0 Å². The highest BCUT2D eigenvalue weighted by Gasteiger charge is 2.30. The predicted molar refractivity (Wildman–Crippen MR) is 487 cm³/mol. The molecule has 6 heterocycles. The van der Waals surface area contributed by atoms with E-state index in [2.05, 4.69) is 119 Å². The van der Waals surface area contributed by atoms with Gasteiger partial charge in [0.15, 0.2) is 23.3 Å². The van der Waals surface area contributed by atoms with Crippen LogP contribution < -0.4 is 74.4 Å². The molecule has 0 radical (unpaired) electrons. The first-order valence-electron chi connectivity index (χ1n) is 37.5. The second kappa shape index (κ2) is 41.4. The molecule has 622 valence electrons. The fourth-order valence-corrected chi connectivity index (χ4v) is 18.0. The number of nitrogens with zero attached hydrogens (tertiary/aromatic N) is 10. The third kappa shape index (κ3) is 26.4. The van der Waals surface area contributed by atoms with Gasteiger partial charge >= 0.3 is 0 Å². The smallest absolute Gasteiger partial charge is 0.247 e. The fraction of sp³-hybridized carbons (Fsp3) is 0.293. The molecule has 2 saturated heterocycles. The lowest BCUT2D eigenvalue weighted by molar-refractivity contribution is -0.127. The van der Waals surface area contributed by atoms with E-state index in [1.807, 2.05) is 123 Å². The number of para-hydroxylation sites is 4. The van der Waals surface area contributed by atoms with Crippen LogP contribution in [0.4, 0.5) is 81.2 Å². The molecule has 3 aliphatic rings. The van der Waals surface area contributed by atoms with E-state index in [1.54, 1.807) is 63.1 Å². The Morgan fingerprint density at radius 1 is 0.390 bits per heavy atom. The summed E-state index contributed by atoms with van der Waals surface area (Å²) < 4.78 is 50.4. The van der Waals surface area contributed by atoms with Gasteiger partial charge in [0, 0.05) is 82.9 Å². The summed E-state index contributed by atoms with van der Waals surface area (Å²) in [5.74, 6) is 2.77. The van der Waals surface area contributed by atoms with E-state index in [0.717, 1.165) is 71.3 Å². The minimum absolute atomic E-state index is 0.0412. The monoisotopic (exact) mass is 1750 g/mol. The van der Waals surface area contributed by atoms with Crippen LogP contribution in [0.1, 0.15) is 49.7 Å². The average molecular weight is 1760 g/mol. The molecule has 9 aromatic rings. The highest BCUT2D eigenvalue weighted by Crippen LogP contribution is 2.43. The van der Waals surface area contributed by atoms with Crippen LogP contribution in [0, 0.1) is 13.8 Å². The third-order valence-corrected chi connectivity index (χ3v) is 26.1. The molecule has 36 heteroatoms. The number of amides is 4. The van der Waals surface area contributed by atoms with Crippen molar-refractivity contribution in [3.63, 3.8) is 0 Å². The summed E-state index contributed by atoms with van der Waals surface area (Å²) in [7, 11) is -9.93. The van der Waals surface area contributed by atoms with Gasteiger partial charge in [-0.3, -0.25) is 19.2 Å². The Balaban J connectivity index is 0.000000180. The molecular weight excluding hydrogens is 1660 g/mol. The van der Waals surface area contributed by atoms with E-state index in [4.69, 9.17) is 46.4 Å². The van der Waals surface area contributed by atoms with Crippen molar-refractivity contribution < 1.29 is 37.4 Å². The Bertz CT molecular complexity index is 5290. The highest BCUT2D eigenvalue weighted by molar-refractivity contribution is 7.71. The fourth-order valence-electron chi connectivity index (χ4n) is 12.9. The molecule has 2 unspecified atom stereocenters. The van der Waals surface area contributed by atoms with E-state index >= 15 is 0 Å². The lowest BCUT2D eigenvalue weighted by atomic mass is 10.1. The summed E-state index contributed by atoms with van der Waals surface area (Å²) in [6.45, 7) is 34.2. The van der Waals surface area contributed by atoms with Gasteiger partial charge in [-0.2, -0.15) is 19.9 Å². The van der Waals surface area contributed by atoms with Crippen molar-refractivity contribution >= 4 is 201 Å². The summed E-state index contributed by atoms with van der Waals surface area (Å²) in [5.41, 5.74) is 6.06. The number of halogens is 4. The van der Waals surface area contributed by atoms with E-state index in [0.29, 0.717) is 127 Å². The van der Waals surface area contributed by atoms with Crippen molar-refractivity contribution in [1.82, 2.24) is 55.0 Å². The normalized spacial score (nSPS) is 15.3. The first-order valence-corrected chi connectivity index (χ1v) is 49.4.